The molecule has 5 nitrogen and oxygen atoms in total. The fourth-order valence-corrected chi connectivity index (χ4v) is 1.02. The van der Waals surface area contributed by atoms with Crippen LogP contribution in [0.5, 0.6) is 0 Å². The third kappa shape index (κ3) is 3.60. The molecule has 0 radical (unpaired) electrons. The Morgan fingerprint density at radius 1 is 1.47 bits per heavy atom. The van der Waals surface area contributed by atoms with Crippen LogP contribution in [0.2, 0.25) is 0 Å². The first-order valence-electron chi connectivity index (χ1n) is 5.26. The van der Waals surface area contributed by atoms with E-state index in [2.05, 4.69) is 29.3 Å². The molecule has 86 valence electrons. The normalized spacial score (nSPS) is 15.2. The van der Waals surface area contributed by atoms with Crippen molar-refractivity contribution in [3.63, 3.8) is 0 Å². The van der Waals surface area contributed by atoms with Gasteiger partial charge in [0.25, 0.3) is 0 Å². The topological polar surface area (TPSA) is 60.2 Å². The number of ether oxygens (including phenoxy) is 1. The second-order valence-corrected chi connectivity index (χ2v) is 3.61. The summed E-state index contributed by atoms with van der Waals surface area (Å²) in [6.45, 7) is 6.74. The van der Waals surface area contributed by atoms with Crippen molar-refractivity contribution >= 4 is 0 Å². The van der Waals surface area contributed by atoms with Gasteiger partial charge < -0.3 is 14.6 Å². The molecule has 1 heterocycles. The minimum atomic E-state index is -0.119. The lowest BCUT2D eigenvalue weighted by Gasteiger charge is -2.07. The second kappa shape index (κ2) is 5.82. The van der Waals surface area contributed by atoms with Crippen molar-refractivity contribution in [2.24, 2.45) is 0 Å². The third-order valence-corrected chi connectivity index (χ3v) is 2.42. The minimum absolute atomic E-state index is 0.119. The molecule has 0 aliphatic carbocycles. The maximum atomic E-state index is 5.09. The lowest BCUT2D eigenvalue weighted by Crippen LogP contribution is -2.24. The summed E-state index contributed by atoms with van der Waals surface area (Å²) in [5.74, 6) is 1.20. The summed E-state index contributed by atoms with van der Waals surface area (Å²) >= 11 is 0. The Morgan fingerprint density at radius 3 is 2.80 bits per heavy atom. The first kappa shape index (κ1) is 12.1. The van der Waals surface area contributed by atoms with Crippen LogP contribution in [0.3, 0.4) is 0 Å². The Labute approximate surface area is 90.2 Å². The van der Waals surface area contributed by atoms with Crippen LogP contribution in [-0.4, -0.2) is 23.3 Å². The van der Waals surface area contributed by atoms with Crippen LogP contribution in [0, 0.1) is 0 Å². The number of hydrogen-bond acceptors (Lipinski definition) is 5. The van der Waals surface area contributed by atoms with Gasteiger partial charge in [0.15, 0.2) is 5.82 Å². The molecule has 0 aliphatic rings. The standard InChI is InChI=1S/C10H19N3O2/c1-5-7(2)11-6-9-12-10(13-15-9)8(3)14-4/h7-8,11H,5-6H2,1-4H3. The quantitative estimate of drug-likeness (QED) is 0.778. The predicted octanol–water partition coefficient (Wildman–Crippen LogP) is 1.67. The highest BCUT2D eigenvalue weighted by Gasteiger charge is 2.12. The lowest BCUT2D eigenvalue weighted by molar-refractivity contribution is 0.109. The van der Waals surface area contributed by atoms with Crippen LogP contribution < -0.4 is 5.32 Å². The van der Waals surface area contributed by atoms with Crippen molar-refractivity contribution in [2.45, 2.75) is 45.9 Å². The summed E-state index contributed by atoms with van der Waals surface area (Å²) < 4.78 is 10.2. The second-order valence-electron chi connectivity index (χ2n) is 3.61. The zero-order valence-corrected chi connectivity index (χ0v) is 9.78. The molecule has 1 aromatic rings. The molecule has 0 saturated carbocycles. The number of nitrogens with one attached hydrogen (secondary N) is 1. The first-order valence-corrected chi connectivity index (χ1v) is 5.26. The monoisotopic (exact) mass is 213 g/mol. The molecule has 0 aromatic carbocycles. The predicted molar refractivity (Wildman–Crippen MR) is 56.3 cm³/mol. The van der Waals surface area contributed by atoms with Gasteiger partial charge in [-0.2, -0.15) is 4.98 Å². The zero-order chi connectivity index (χ0) is 11.3. The van der Waals surface area contributed by atoms with Crippen molar-refractivity contribution in [3.8, 4) is 0 Å². The van der Waals surface area contributed by atoms with E-state index in [1.807, 2.05) is 6.92 Å². The molecule has 15 heavy (non-hydrogen) atoms. The molecular formula is C10H19N3O2. The Kier molecular flexibility index (Phi) is 4.71. The fourth-order valence-electron chi connectivity index (χ4n) is 1.02. The SMILES string of the molecule is CCC(C)NCc1nc(C(C)OC)no1. The highest BCUT2D eigenvalue weighted by atomic mass is 16.5. The van der Waals surface area contributed by atoms with Gasteiger partial charge in [0, 0.05) is 13.2 Å². The van der Waals surface area contributed by atoms with Crippen molar-refractivity contribution in [1.82, 2.24) is 15.5 Å². The maximum absolute atomic E-state index is 5.09. The highest BCUT2D eigenvalue weighted by molar-refractivity contribution is 4.89. The maximum Gasteiger partial charge on any atom is 0.240 e. The molecule has 0 aliphatic heterocycles. The molecule has 2 atom stereocenters. The van der Waals surface area contributed by atoms with Crippen molar-refractivity contribution in [2.75, 3.05) is 7.11 Å². The number of hydrogen-bond donors (Lipinski definition) is 1. The molecule has 0 saturated heterocycles. The molecule has 0 fully saturated rings. The van der Waals surface area contributed by atoms with Crippen molar-refractivity contribution in [3.05, 3.63) is 11.7 Å². The number of methoxy groups -OCH3 is 1. The van der Waals surface area contributed by atoms with E-state index in [1.165, 1.54) is 0 Å². The lowest BCUT2D eigenvalue weighted by atomic mass is 10.3. The minimum Gasteiger partial charge on any atom is -0.374 e. The summed E-state index contributed by atoms with van der Waals surface area (Å²) in [7, 11) is 1.62. The molecule has 1 aromatic heterocycles. The van der Waals surface area contributed by atoms with E-state index in [9.17, 15) is 0 Å². The van der Waals surface area contributed by atoms with Crippen LogP contribution in [0.25, 0.3) is 0 Å². The van der Waals surface area contributed by atoms with Crippen LogP contribution >= 0.6 is 0 Å². The Morgan fingerprint density at radius 2 is 2.20 bits per heavy atom. The van der Waals surface area contributed by atoms with E-state index in [0.29, 0.717) is 24.3 Å². The Bertz CT molecular complexity index is 288. The summed E-state index contributed by atoms with van der Waals surface area (Å²) in [4.78, 5) is 4.22. The molecular weight excluding hydrogens is 194 g/mol. The molecule has 2 unspecified atom stereocenters. The van der Waals surface area contributed by atoms with Crippen molar-refractivity contribution < 1.29 is 9.26 Å². The molecule has 0 amide bonds. The Hall–Kier alpha value is -0.940. The average Bonchev–Trinajstić information content (AvgIpc) is 2.73. The summed E-state index contributed by atoms with van der Waals surface area (Å²) in [6, 6.07) is 0.459. The van der Waals surface area contributed by atoms with Crippen LogP contribution in [-0.2, 0) is 11.3 Å². The molecule has 0 spiro atoms. The van der Waals surface area contributed by atoms with Gasteiger partial charge in [0.1, 0.15) is 6.10 Å². The van der Waals surface area contributed by atoms with Gasteiger partial charge in [-0.3, -0.25) is 0 Å². The summed E-state index contributed by atoms with van der Waals surface area (Å²) in [6.07, 6.45) is 0.959. The van der Waals surface area contributed by atoms with Crippen LogP contribution in [0.1, 0.15) is 45.0 Å². The number of rotatable bonds is 6. The summed E-state index contributed by atoms with van der Waals surface area (Å²) in [5.41, 5.74) is 0. The van der Waals surface area contributed by atoms with Gasteiger partial charge in [-0.25, -0.2) is 0 Å². The third-order valence-electron chi connectivity index (χ3n) is 2.42. The van der Waals surface area contributed by atoms with E-state index in [-0.39, 0.29) is 6.10 Å². The van der Waals surface area contributed by atoms with Crippen molar-refractivity contribution in [1.29, 1.82) is 0 Å². The Balaban J connectivity index is 2.46. The molecule has 0 bridgehead atoms. The van der Waals surface area contributed by atoms with E-state index in [0.717, 1.165) is 6.42 Å². The summed E-state index contributed by atoms with van der Waals surface area (Å²) in [5, 5.41) is 7.12. The van der Waals surface area contributed by atoms with Gasteiger partial charge in [0.05, 0.1) is 6.54 Å². The zero-order valence-electron chi connectivity index (χ0n) is 9.78. The highest BCUT2D eigenvalue weighted by Crippen LogP contribution is 2.11. The van der Waals surface area contributed by atoms with E-state index < -0.39 is 0 Å². The van der Waals surface area contributed by atoms with Gasteiger partial charge in [-0.1, -0.05) is 12.1 Å². The van der Waals surface area contributed by atoms with Gasteiger partial charge in [-0.15, -0.1) is 0 Å². The average molecular weight is 213 g/mol. The van der Waals surface area contributed by atoms with Crippen LogP contribution in [0.15, 0.2) is 4.52 Å². The smallest absolute Gasteiger partial charge is 0.240 e. The molecule has 1 N–H and O–H groups in total. The van der Waals surface area contributed by atoms with Gasteiger partial charge in [0.2, 0.25) is 5.89 Å². The van der Waals surface area contributed by atoms with E-state index in [4.69, 9.17) is 9.26 Å². The van der Waals surface area contributed by atoms with E-state index in [1.54, 1.807) is 7.11 Å². The van der Waals surface area contributed by atoms with Crippen LogP contribution in [0.4, 0.5) is 0 Å². The first-order chi connectivity index (χ1) is 7.17. The van der Waals surface area contributed by atoms with Gasteiger partial charge >= 0.3 is 0 Å². The molecule has 5 heteroatoms. The largest absolute Gasteiger partial charge is 0.374 e. The van der Waals surface area contributed by atoms with Gasteiger partial charge in [-0.05, 0) is 20.3 Å². The number of aromatic nitrogens is 2. The number of nitrogens with zero attached hydrogens (tertiary/aromatic N) is 2. The fraction of sp³-hybridized carbons (Fsp3) is 0.800. The molecule has 1 rings (SSSR count). The van der Waals surface area contributed by atoms with E-state index >= 15 is 0 Å².